The van der Waals surface area contributed by atoms with Crippen LogP contribution in [0.4, 0.5) is 4.79 Å². The lowest BCUT2D eigenvalue weighted by molar-refractivity contribution is -0.131. The predicted molar refractivity (Wildman–Crippen MR) is 84.8 cm³/mol. The monoisotopic (exact) mass is 311 g/mol. The number of aryl methyl sites for hydroxylation is 1. The van der Waals surface area contributed by atoms with Gasteiger partial charge in [-0.15, -0.1) is 5.01 Å². The van der Waals surface area contributed by atoms with Crippen molar-refractivity contribution in [3.05, 3.63) is 59.5 Å². The Morgan fingerprint density at radius 3 is 2.57 bits per heavy atom. The Labute approximate surface area is 133 Å². The molecule has 6 heteroatoms. The maximum absolute atomic E-state index is 12.8. The number of nitrogens with zero attached hydrogens (tertiary/aromatic N) is 2. The minimum Gasteiger partial charge on any atom is -0.460 e. The number of hydrazone groups is 1. The lowest BCUT2D eigenvalue weighted by Crippen LogP contribution is -2.43. The molecule has 6 nitrogen and oxygen atoms in total. The molecule has 1 atom stereocenters. The SMILES string of the molecule is CC[C@]1(c2ccccc2)NC(=O)N(/N=C\c2ccc(C)o2)C1=O. The number of imide groups is 1. The molecule has 2 aromatic rings. The molecule has 0 bridgehead atoms. The van der Waals surface area contributed by atoms with Crippen molar-refractivity contribution >= 4 is 18.2 Å². The van der Waals surface area contributed by atoms with E-state index in [1.54, 1.807) is 12.1 Å². The third kappa shape index (κ3) is 2.52. The van der Waals surface area contributed by atoms with Crippen molar-refractivity contribution in [2.75, 3.05) is 0 Å². The first kappa shape index (κ1) is 15.0. The average molecular weight is 311 g/mol. The van der Waals surface area contributed by atoms with Gasteiger partial charge in [-0.25, -0.2) is 4.79 Å². The highest BCUT2D eigenvalue weighted by atomic mass is 16.3. The highest BCUT2D eigenvalue weighted by Gasteiger charge is 2.51. The van der Waals surface area contributed by atoms with Crippen LogP contribution < -0.4 is 5.32 Å². The Balaban J connectivity index is 1.91. The van der Waals surface area contributed by atoms with Gasteiger partial charge in [-0.1, -0.05) is 37.3 Å². The molecule has 3 rings (SSSR count). The number of nitrogens with one attached hydrogen (secondary N) is 1. The second-order valence-electron chi connectivity index (χ2n) is 5.37. The van der Waals surface area contributed by atoms with Crippen molar-refractivity contribution in [1.82, 2.24) is 10.3 Å². The summed E-state index contributed by atoms with van der Waals surface area (Å²) in [6, 6.07) is 12.2. The highest BCUT2D eigenvalue weighted by molar-refractivity contribution is 6.07. The summed E-state index contributed by atoms with van der Waals surface area (Å²) in [5, 5.41) is 7.61. The van der Waals surface area contributed by atoms with E-state index in [2.05, 4.69) is 10.4 Å². The molecular formula is C17H17N3O3. The fraction of sp³-hybridized carbons (Fsp3) is 0.235. The zero-order chi connectivity index (χ0) is 16.4. The van der Waals surface area contributed by atoms with Crippen LogP contribution in [0.3, 0.4) is 0 Å². The van der Waals surface area contributed by atoms with E-state index in [-0.39, 0.29) is 0 Å². The zero-order valence-electron chi connectivity index (χ0n) is 12.9. The highest BCUT2D eigenvalue weighted by Crippen LogP contribution is 2.32. The summed E-state index contributed by atoms with van der Waals surface area (Å²) in [5.74, 6) is 0.823. The summed E-state index contributed by atoms with van der Waals surface area (Å²) in [7, 11) is 0. The maximum atomic E-state index is 12.8. The third-order valence-electron chi connectivity index (χ3n) is 3.93. The molecule has 1 aromatic carbocycles. The molecule has 1 saturated heterocycles. The molecule has 1 aliphatic rings. The van der Waals surface area contributed by atoms with Gasteiger partial charge in [0.05, 0.1) is 6.21 Å². The summed E-state index contributed by atoms with van der Waals surface area (Å²) < 4.78 is 5.36. The standard InChI is InChI=1S/C17H17N3O3/c1-3-17(13-7-5-4-6-8-13)15(21)20(16(22)19-17)18-11-14-10-9-12(2)23-14/h4-11H,3H2,1-2H3,(H,19,22)/b18-11-/t17-/m1/s1. The molecule has 0 saturated carbocycles. The van der Waals surface area contributed by atoms with Crippen LogP contribution in [0, 0.1) is 6.92 Å². The average Bonchev–Trinajstić information content (AvgIpc) is 3.08. The lowest BCUT2D eigenvalue weighted by atomic mass is 9.87. The molecule has 1 aromatic heterocycles. The van der Waals surface area contributed by atoms with Gasteiger partial charge < -0.3 is 9.73 Å². The molecule has 0 spiro atoms. The van der Waals surface area contributed by atoms with Crippen LogP contribution in [0.1, 0.15) is 30.4 Å². The zero-order valence-corrected chi connectivity index (χ0v) is 12.9. The topological polar surface area (TPSA) is 74.9 Å². The fourth-order valence-electron chi connectivity index (χ4n) is 2.67. The molecular weight excluding hydrogens is 294 g/mol. The van der Waals surface area contributed by atoms with Crippen molar-refractivity contribution in [3.63, 3.8) is 0 Å². The van der Waals surface area contributed by atoms with E-state index in [4.69, 9.17) is 4.42 Å². The van der Waals surface area contributed by atoms with E-state index in [0.717, 1.165) is 16.3 Å². The van der Waals surface area contributed by atoms with Crippen LogP contribution in [-0.2, 0) is 10.3 Å². The number of carbonyl (C=O) groups is 2. The Hall–Kier alpha value is -2.89. The van der Waals surface area contributed by atoms with E-state index in [9.17, 15) is 9.59 Å². The summed E-state index contributed by atoms with van der Waals surface area (Å²) in [5.41, 5.74) is -0.332. The molecule has 0 aliphatic carbocycles. The first-order valence-corrected chi connectivity index (χ1v) is 7.39. The number of urea groups is 1. The molecule has 118 valence electrons. The van der Waals surface area contributed by atoms with Gasteiger partial charge in [-0.05, 0) is 31.0 Å². The number of hydrogen-bond donors (Lipinski definition) is 1. The van der Waals surface area contributed by atoms with Crippen LogP contribution >= 0.6 is 0 Å². The largest absolute Gasteiger partial charge is 0.460 e. The quantitative estimate of drug-likeness (QED) is 0.697. The van der Waals surface area contributed by atoms with Gasteiger partial charge in [0, 0.05) is 0 Å². The summed E-state index contributed by atoms with van der Waals surface area (Å²) >= 11 is 0. The maximum Gasteiger partial charge on any atom is 0.346 e. The molecule has 0 radical (unpaired) electrons. The van der Waals surface area contributed by atoms with Gasteiger partial charge in [0.2, 0.25) is 0 Å². The van der Waals surface area contributed by atoms with E-state index < -0.39 is 17.5 Å². The Bertz CT molecular complexity index is 766. The Morgan fingerprint density at radius 1 is 1.22 bits per heavy atom. The van der Waals surface area contributed by atoms with Gasteiger partial charge in [0.25, 0.3) is 5.91 Å². The van der Waals surface area contributed by atoms with Crippen LogP contribution in [-0.4, -0.2) is 23.2 Å². The minimum absolute atomic E-state index is 0.393. The predicted octanol–water partition coefficient (Wildman–Crippen LogP) is 2.78. The number of benzene rings is 1. The van der Waals surface area contributed by atoms with Crippen molar-refractivity contribution in [1.29, 1.82) is 0 Å². The summed E-state index contributed by atoms with van der Waals surface area (Å²) in [4.78, 5) is 25.0. The number of rotatable bonds is 4. The van der Waals surface area contributed by atoms with Crippen LogP contribution in [0.25, 0.3) is 0 Å². The summed E-state index contributed by atoms with van der Waals surface area (Å²) in [6.07, 6.45) is 1.80. The molecule has 2 heterocycles. The van der Waals surface area contributed by atoms with Gasteiger partial charge in [0.15, 0.2) is 0 Å². The van der Waals surface area contributed by atoms with Crippen molar-refractivity contribution in [2.24, 2.45) is 5.10 Å². The number of amides is 3. The number of carbonyl (C=O) groups excluding carboxylic acids is 2. The Kier molecular flexibility index (Phi) is 3.73. The number of furan rings is 1. The molecule has 1 N–H and O–H groups in total. The van der Waals surface area contributed by atoms with Gasteiger partial charge in [-0.3, -0.25) is 4.79 Å². The molecule has 23 heavy (non-hydrogen) atoms. The second kappa shape index (κ2) is 5.72. The fourth-order valence-corrected chi connectivity index (χ4v) is 2.67. The van der Waals surface area contributed by atoms with Gasteiger partial charge in [0.1, 0.15) is 17.1 Å². The normalized spacial score (nSPS) is 21.2. The van der Waals surface area contributed by atoms with E-state index in [0.29, 0.717) is 12.2 Å². The van der Waals surface area contributed by atoms with Crippen LogP contribution in [0.2, 0.25) is 0 Å². The minimum atomic E-state index is -1.07. The first-order valence-electron chi connectivity index (χ1n) is 7.39. The second-order valence-corrected chi connectivity index (χ2v) is 5.37. The van der Waals surface area contributed by atoms with Crippen LogP contribution in [0.15, 0.2) is 52.0 Å². The molecule has 0 unspecified atom stereocenters. The smallest absolute Gasteiger partial charge is 0.346 e. The first-order chi connectivity index (χ1) is 11.1. The van der Waals surface area contributed by atoms with E-state index in [1.165, 1.54) is 6.21 Å². The lowest BCUT2D eigenvalue weighted by Gasteiger charge is -2.24. The van der Waals surface area contributed by atoms with Crippen LogP contribution in [0.5, 0.6) is 0 Å². The van der Waals surface area contributed by atoms with Gasteiger partial charge >= 0.3 is 6.03 Å². The van der Waals surface area contributed by atoms with Crippen molar-refractivity contribution in [3.8, 4) is 0 Å². The third-order valence-corrected chi connectivity index (χ3v) is 3.93. The summed E-state index contributed by atoms with van der Waals surface area (Å²) in [6.45, 7) is 3.66. The van der Waals surface area contributed by atoms with E-state index in [1.807, 2.05) is 44.2 Å². The van der Waals surface area contributed by atoms with Crippen molar-refractivity contribution in [2.45, 2.75) is 25.8 Å². The molecule has 3 amide bonds. The van der Waals surface area contributed by atoms with Gasteiger partial charge in [-0.2, -0.15) is 5.10 Å². The van der Waals surface area contributed by atoms with E-state index >= 15 is 0 Å². The number of hydrogen-bond acceptors (Lipinski definition) is 4. The van der Waals surface area contributed by atoms with Crippen molar-refractivity contribution < 1.29 is 14.0 Å². The molecule has 1 fully saturated rings. The molecule has 1 aliphatic heterocycles. The Morgan fingerprint density at radius 2 is 1.96 bits per heavy atom.